The van der Waals surface area contributed by atoms with Crippen LogP contribution in [0.2, 0.25) is 0 Å². The molecule has 0 aliphatic carbocycles. The standard InChI is InChI=1S/C20H23N5O/c1-14-4-5-17-18(11-14)24-19(23-17)13-25-9-6-15(7-10-25)20(26)22-16-3-2-8-21-12-16/h2-5,8,11-12,15H,6-7,9-10,13H2,1H3,(H,22,26)(H,23,24). The van der Waals surface area contributed by atoms with Crippen LogP contribution in [-0.2, 0) is 11.3 Å². The molecule has 0 atom stereocenters. The first kappa shape index (κ1) is 16.7. The van der Waals surface area contributed by atoms with Gasteiger partial charge >= 0.3 is 0 Å². The zero-order chi connectivity index (χ0) is 17.9. The molecular weight excluding hydrogens is 326 g/mol. The Kier molecular flexibility index (Phi) is 4.67. The van der Waals surface area contributed by atoms with Crippen LogP contribution in [0.15, 0.2) is 42.7 Å². The van der Waals surface area contributed by atoms with E-state index in [4.69, 9.17) is 0 Å². The zero-order valence-electron chi connectivity index (χ0n) is 14.9. The molecule has 3 aromatic rings. The largest absolute Gasteiger partial charge is 0.341 e. The van der Waals surface area contributed by atoms with Crippen LogP contribution in [0, 0.1) is 12.8 Å². The number of amides is 1. The molecule has 134 valence electrons. The number of anilines is 1. The maximum Gasteiger partial charge on any atom is 0.227 e. The molecule has 1 fully saturated rings. The van der Waals surface area contributed by atoms with Crippen molar-refractivity contribution in [3.05, 3.63) is 54.1 Å². The molecule has 0 bridgehead atoms. The third-order valence-electron chi connectivity index (χ3n) is 4.95. The fourth-order valence-electron chi connectivity index (χ4n) is 3.50. The Morgan fingerprint density at radius 3 is 2.92 bits per heavy atom. The van der Waals surface area contributed by atoms with E-state index >= 15 is 0 Å². The van der Waals surface area contributed by atoms with Crippen LogP contribution in [-0.4, -0.2) is 38.8 Å². The summed E-state index contributed by atoms with van der Waals surface area (Å²) in [6.45, 7) is 4.69. The highest BCUT2D eigenvalue weighted by molar-refractivity contribution is 5.92. The first-order chi connectivity index (χ1) is 12.7. The van der Waals surface area contributed by atoms with Gasteiger partial charge in [-0.25, -0.2) is 4.98 Å². The number of piperidine rings is 1. The molecule has 3 heterocycles. The van der Waals surface area contributed by atoms with Crippen molar-refractivity contribution >= 4 is 22.6 Å². The van der Waals surface area contributed by atoms with Gasteiger partial charge in [0.2, 0.25) is 5.91 Å². The summed E-state index contributed by atoms with van der Waals surface area (Å²) in [6.07, 6.45) is 5.11. The molecule has 1 aliphatic rings. The van der Waals surface area contributed by atoms with E-state index in [1.54, 1.807) is 12.4 Å². The van der Waals surface area contributed by atoms with Crippen molar-refractivity contribution in [1.29, 1.82) is 0 Å². The number of aryl methyl sites for hydroxylation is 1. The number of rotatable bonds is 4. The third-order valence-corrected chi connectivity index (χ3v) is 4.95. The van der Waals surface area contributed by atoms with Gasteiger partial charge in [0.05, 0.1) is 29.5 Å². The number of H-pyrrole nitrogens is 1. The first-order valence-electron chi connectivity index (χ1n) is 9.06. The average Bonchev–Trinajstić information content (AvgIpc) is 3.04. The van der Waals surface area contributed by atoms with Crippen LogP contribution in [0.1, 0.15) is 24.2 Å². The lowest BCUT2D eigenvalue weighted by molar-refractivity contribution is -0.121. The van der Waals surface area contributed by atoms with Crippen molar-refractivity contribution in [3.63, 3.8) is 0 Å². The maximum absolute atomic E-state index is 12.4. The summed E-state index contributed by atoms with van der Waals surface area (Å²) in [5.74, 6) is 1.14. The van der Waals surface area contributed by atoms with Crippen LogP contribution in [0.25, 0.3) is 11.0 Å². The molecule has 26 heavy (non-hydrogen) atoms. The fourth-order valence-corrected chi connectivity index (χ4v) is 3.50. The van der Waals surface area contributed by atoms with Crippen LogP contribution in [0.5, 0.6) is 0 Å². The number of carbonyl (C=O) groups excluding carboxylic acids is 1. The number of fused-ring (bicyclic) bond motifs is 1. The number of nitrogens with zero attached hydrogens (tertiary/aromatic N) is 3. The van der Waals surface area contributed by atoms with Crippen molar-refractivity contribution in [1.82, 2.24) is 19.9 Å². The smallest absolute Gasteiger partial charge is 0.227 e. The molecule has 1 aliphatic heterocycles. The highest BCUT2D eigenvalue weighted by Crippen LogP contribution is 2.21. The number of hydrogen-bond acceptors (Lipinski definition) is 4. The van der Waals surface area contributed by atoms with E-state index in [9.17, 15) is 4.79 Å². The molecule has 0 unspecified atom stereocenters. The molecule has 0 saturated carbocycles. The molecule has 4 rings (SSSR count). The molecule has 2 aromatic heterocycles. The summed E-state index contributed by atoms with van der Waals surface area (Å²) in [4.78, 5) is 26.9. The van der Waals surface area contributed by atoms with E-state index in [0.29, 0.717) is 0 Å². The Balaban J connectivity index is 1.32. The van der Waals surface area contributed by atoms with E-state index in [2.05, 4.69) is 50.3 Å². The SMILES string of the molecule is Cc1ccc2nc(CN3CCC(C(=O)Nc4cccnc4)CC3)[nH]c2c1. The van der Waals surface area contributed by atoms with Gasteiger partial charge in [0.25, 0.3) is 0 Å². The van der Waals surface area contributed by atoms with Crippen LogP contribution < -0.4 is 5.32 Å². The number of nitrogens with one attached hydrogen (secondary N) is 2. The van der Waals surface area contributed by atoms with E-state index in [0.717, 1.165) is 55.0 Å². The quantitative estimate of drug-likeness (QED) is 0.759. The van der Waals surface area contributed by atoms with Crippen molar-refractivity contribution in [2.24, 2.45) is 5.92 Å². The van der Waals surface area contributed by atoms with Crippen LogP contribution in [0.3, 0.4) is 0 Å². The molecule has 0 spiro atoms. The minimum atomic E-state index is 0.0600. The zero-order valence-corrected chi connectivity index (χ0v) is 14.9. The van der Waals surface area contributed by atoms with Crippen LogP contribution in [0.4, 0.5) is 5.69 Å². The molecular formula is C20H23N5O. The number of aromatic nitrogens is 3. The predicted molar refractivity (Wildman–Crippen MR) is 102 cm³/mol. The van der Waals surface area contributed by atoms with Crippen LogP contribution >= 0.6 is 0 Å². The van der Waals surface area contributed by atoms with Gasteiger partial charge in [-0.05, 0) is 62.7 Å². The minimum Gasteiger partial charge on any atom is -0.341 e. The second-order valence-electron chi connectivity index (χ2n) is 6.99. The normalized spacial score (nSPS) is 16.0. The number of carbonyl (C=O) groups is 1. The number of pyridine rings is 1. The third kappa shape index (κ3) is 3.75. The van der Waals surface area contributed by atoms with E-state index < -0.39 is 0 Å². The second kappa shape index (κ2) is 7.25. The van der Waals surface area contributed by atoms with Gasteiger partial charge in [0.15, 0.2) is 0 Å². The van der Waals surface area contributed by atoms with Crippen molar-refractivity contribution in [3.8, 4) is 0 Å². The summed E-state index contributed by atoms with van der Waals surface area (Å²) in [7, 11) is 0. The second-order valence-corrected chi connectivity index (χ2v) is 6.99. The molecule has 0 radical (unpaired) electrons. The van der Waals surface area contributed by atoms with Gasteiger partial charge in [-0.15, -0.1) is 0 Å². The highest BCUT2D eigenvalue weighted by atomic mass is 16.1. The molecule has 1 amide bonds. The summed E-state index contributed by atoms with van der Waals surface area (Å²) >= 11 is 0. The topological polar surface area (TPSA) is 73.9 Å². The lowest BCUT2D eigenvalue weighted by atomic mass is 9.96. The minimum absolute atomic E-state index is 0.0600. The van der Waals surface area contributed by atoms with Gasteiger partial charge in [-0.2, -0.15) is 0 Å². The van der Waals surface area contributed by atoms with Gasteiger partial charge in [0, 0.05) is 12.1 Å². The molecule has 6 heteroatoms. The lowest BCUT2D eigenvalue weighted by Gasteiger charge is -2.30. The lowest BCUT2D eigenvalue weighted by Crippen LogP contribution is -2.38. The summed E-state index contributed by atoms with van der Waals surface area (Å²) in [5, 5.41) is 2.96. The van der Waals surface area contributed by atoms with E-state index in [-0.39, 0.29) is 11.8 Å². The highest BCUT2D eigenvalue weighted by Gasteiger charge is 2.25. The van der Waals surface area contributed by atoms with Crippen molar-refractivity contribution in [2.45, 2.75) is 26.3 Å². The maximum atomic E-state index is 12.4. The number of likely N-dealkylation sites (tertiary alicyclic amines) is 1. The first-order valence-corrected chi connectivity index (χ1v) is 9.06. The van der Waals surface area contributed by atoms with Crippen molar-refractivity contribution in [2.75, 3.05) is 18.4 Å². The van der Waals surface area contributed by atoms with E-state index in [1.807, 2.05) is 12.1 Å². The fraction of sp³-hybridized carbons (Fsp3) is 0.350. The molecule has 6 nitrogen and oxygen atoms in total. The Bertz CT molecular complexity index is 897. The summed E-state index contributed by atoms with van der Waals surface area (Å²) in [6, 6.07) is 9.95. The number of hydrogen-bond donors (Lipinski definition) is 2. The Hall–Kier alpha value is -2.73. The van der Waals surface area contributed by atoms with Gasteiger partial charge < -0.3 is 10.3 Å². The van der Waals surface area contributed by atoms with Gasteiger partial charge in [-0.3, -0.25) is 14.7 Å². The number of imidazole rings is 1. The van der Waals surface area contributed by atoms with Gasteiger partial charge in [0.1, 0.15) is 5.82 Å². The monoisotopic (exact) mass is 349 g/mol. The Morgan fingerprint density at radius 2 is 2.15 bits per heavy atom. The van der Waals surface area contributed by atoms with Gasteiger partial charge in [-0.1, -0.05) is 6.07 Å². The predicted octanol–water partition coefficient (Wildman–Crippen LogP) is 3.12. The average molecular weight is 349 g/mol. The Morgan fingerprint density at radius 1 is 1.31 bits per heavy atom. The Labute approximate surface area is 152 Å². The van der Waals surface area contributed by atoms with E-state index in [1.165, 1.54) is 5.56 Å². The summed E-state index contributed by atoms with van der Waals surface area (Å²) < 4.78 is 0. The summed E-state index contributed by atoms with van der Waals surface area (Å²) in [5.41, 5.74) is 4.09. The molecule has 1 saturated heterocycles. The molecule has 2 N–H and O–H groups in total. The number of aromatic amines is 1. The molecule has 1 aromatic carbocycles. The number of benzene rings is 1. The van der Waals surface area contributed by atoms with Crippen molar-refractivity contribution < 1.29 is 4.79 Å².